The second-order valence-electron chi connectivity index (χ2n) is 5.15. The number of carbonyl (C=O) groups excluding carboxylic acids is 1. The van der Waals surface area contributed by atoms with Crippen LogP contribution in [0.1, 0.15) is 29.3 Å². The van der Waals surface area contributed by atoms with Gasteiger partial charge in [-0.1, -0.05) is 0 Å². The van der Waals surface area contributed by atoms with Crippen molar-refractivity contribution in [3.8, 4) is 11.5 Å². The highest BCUT2D eigenvalue weighted by Crippen LogP contribution is 2.42. The van der Waals surface area contributed by atoms with E-state index < -0.39 is 41.2 Å². The number of carboxylic acid groups (broad SMARTS) is 2. The largest absolute Gasteiger partial charge is 0.507 e. The number of aromatic hydroxyl groups is 1. The van der Waals surface area contributed by atoms with Gasteiger partial charge in [0.15, 0.2) is 0 Å². The van der Waals surface area contributed by atoms with E-state index in [1.807, 2.05) is 0 Å². The maximum atomic E-state index is 11.6. The molecule has 8 nitrogen and oxygen atoms in total. The van der Waals surface area contributed by atoms with E-state index in [0.717, 1.165) is 12.1 Å². The smallest absolute Gasteiger partial charge is 0.340 e. The Labute approximate surface area is 130 Å². The van der Waals surface area contributed by atoms with Crippen molar-refractivity contribution in [1.29, 1.82) is 0 Å². The zero-order valence-electron chi connectivity index (χ0n) is 12.3. The second kappa shape index (κ2) is 5.64. The number of hydrogen-bond donors (Lipinski definition) is 3. The highest BCUT2D eigenvalue weighted by Gasteiger charge is 2.43. The van der Waals surface area contributed by atoms with Crippen LogP contribution in [0.3, 0.4) is 0 Å². The van der Waals surface area contributed by atoms with E-state index in [4.69, 9.17) is 14.6 Å². The van der Waals surface area contributed by atoms with Gasteiger partial charge < -0.3 is 24.8 Å². The van der Waals surface area contributed by atoms with Gasteiger partial charge in [0.25, 0.3) is 0 Å². The van der Waals surface area contributed by atoms with Gasteiger partial charge in [0, 0.05) is 23.3 Å². The summed E-state index contributed by atoms with van der Waals surface area (Å²) in [6.07, 6.45) is 0.463. The van der Waals surface area contributed by atoms with Crippen LogP contribution in [0.5, 0.6) is 11.5 Å². The molecule has 0 radical (unpaired) electrons. The lowest BCUT2D eigenvalue weighted by molar-refractivity contribution is -0.150. The van der Waals surface area contributed by atoms with Gasteiger partial charge in [-0.3, -0.25) is 4.79 Å². The Morgan fingerprint density at radius 3 is 2.48 bits per heavy atom. The molecule has 2 rings (SSSR count). The first-order chi connectivity index (χ1) is 10.7. The van der Waals surface area contributed by atoms with E-state index in [1.165, 1.54) is 20.1 Å². The molecule has 0 unspecified atom stereocenters. The number of carbonyl (C=O) groups is 3. The lowest BCUT2D eigenvalue weighted by atomic mass is 9.85. The van der Waals surface area contributed by atoms with Gasteiger partial charge in [0.1, 0.15) is 22.7 Å². The number of ether oxygens (including phenoxy) is 2. The first kappa shape index (κ1) is 16.3. The number of aromatic carboxylic acids is 1. The number of carboxylic acids is 2. The number of benzene rings is 1. The highest BCUT2D eigenvalue weighted by atomic mass is 16.6. The van der Waals surface area contributed by atoms with Crippen molar-refractivity contribution in [2.75, 3.05) is 7.11 Å². The monoisotopic (exact) mass is 322 g/mol. The number of esters is 1. The Morgan fingerprint density at radius 2 is 1.96 bits per heavy atom. The van der Waals surface area contributed by atoms with E-state index in [9.17, 15) is 24.6 Å². The summed E-state index contributed by atoms with van der Waals surface area (Å²) in [6, 6.07) is 2.41. The van der Waals surface area contributed by atoms with Gasteiger partial charge in [-0.2, -0.15) is 0 Å². The molecule has 0 aromatic heterocycles. The van der Waals surface area contributed by atoms with Gasteiger partial charge in [-0.25, -0.2) is 9.59 Å². The molecule has 0 saturated carbocycles. The van der Waals surface area contributed by atoms with Crippen molar-refractivity contribution in [2.45, 2.75) is 18.9 Å². The third kappa shape index (κ3) is 2.96. The lowest BCUT2D eigenvalue weighted by Gasteiger charge is -2.26. The number of rotatable bonds is 5. The average molecular weight is 322 g/mol. The Bertz CT molecular complexity index is 733. The maximum Gasteiger partial charge on any atom is 0.340 e. The summed E-state index contributed by atoms with van der Waals surface area (Å²) in [7, 11) is 1.32. The lowest BCUT2D eigenvalue weighted by Crippen LogP contribution is -2.31. The van der Waals surface area contributed by atoms with Crippen LogP contribution in [0.4, 0.5) is 0 Å². The predicted octanol–water partition coefficient (Wildman–Crippen LogP) is 1.27. The SMILES string of the molecule is COc1cc(O)c(C(=O)O)c(C2=CC(=O)O[C@@]2(C)CC(=O)O)c1. The predicted molar refractivity (Wildman–Crippen MR) is 76.3 cm³/mol. The van der Waals surface area contributed by atoms with Gasteiger partial charge in [0.05, 0.1) is 13.5 Å². The molecular formula is C15H14O8. The van der Waals surface area contributed by atoms with Crippen molar-refractivity contribution in [1.82, 2.24) is 0 Å². The van der Waals surface area contributed by atoms with Crippen LogP contribution in [0.25, 0.3) is 5.57 Å². The summed E-state index contributed by atoms with van der Waals surface area (Å²) in [4.78, 5) is 34.1. The molecule has 0 aliphatic carbocycles. The molecule has 23 heavy (non-hydrogen) atoms. The molecule has 122 valence electrons. The normalized spacial score (nSPS) is 19.9. The molecule has 1 aliphatic heterocycles. The third-order valence-electron chi connectivity index (χ3n) is 3.48. The molecule has 3 N–H and O–H groups in total. The van der Waals surface area contributed by atoms with Gasteiger partial charge in [-0.05, 0) is 13.0 Å². The van der Waals surface area contributed by atoms with Crippen molar-refractivity contribution in [3.05, 3.63) is 29.3 Å². The van der Waals surface area contributed by atoms with Crippen LogP contribution >= 0.6 is 0 Å². The van der Waals surface area contributed by atoms with E-state index in [2.05, 4.69) is 0 Å². The molecule has 1 aromatic carbocycles. The van der Waals surface area contributed by atoms with Crippen LogP contribution in [-0.4, -0.2) is 45.9 Å². The van der Waals surface area contributed by atoms with Crippen molar-refractivity contribution < 1.29 is 39.2 Å². The zero-order valence-corrected chi connectivity index (χ0v) is 12.3. The summed E-state index contributed by atoms with van der Waals surface area (Å²) < 4.78 is 10.0. The fourth-order valence-corrected chi connectivity index (χ4v) is 2.52. The van der Waals surface area contributed by atoms with Gasteiger partial charge in [-0.15, -0.1) is 0 Å². The third-order valence-corrected chi connectivity index (χ3v) is 3.48. The number of phenols is 1. The maximum absolute atomic E-state index is 11.6. The standard InChI is InChI=1S/C15H14O8/c1-15(6-11(17)18)9(5-12(19)23-15)8-3-7(22-2)4-10(16)13(8)14(20)21/h3-5,16H,6H2,1-2H3,(H,17,18)(H,20,21)/t15-/m0/s1. The number of cyclic esters (lactones) is 1. The minimum Gasteiger partial charge on any atom is -0.507 e. The number of methoxy groups -OCH3 is 1. The van der Waals surface area contributed by atoms with Gasteiger partial charge in [0.2, 0.25) is 0 Å². The van der Waals surface area contributed by atoms with Crippen molar-refractivity contribution in [3.63, 3.8) is 0 Å². The van der Waals surface area contributed by atoms with Crippen molar-refractivity contribution in [2.24, 2.45) is 0 Å². The van der Waals surface area contributed by atoms with Gasteiger partial charge >= 0.3 is 17.9 Å². The summed E-state index contributed by atoms with van der Waals surface area (Å²) in [6.45, 7) is 1.36. The Balaban J connectivity index is 2.70. The zero-order chi connectivity index (χ0) is 17.4. The topological polar surface area (TPSA) is 130 Å². The molecule has 0 spiro atoms. The van der Waals surface area contributed by atoms with Crippen molar-refractivity contribution >= 4 is 23.5 Å². The van der Waals surface area contributed by atoms with E-state index in [0.29, 0.717) is 0 Å². The minimum atomic E-state index is -1.55. The molecule has 1 aromatic rings. The molecule has 1 heterocycles. The average Bonchev–Trinajstić information content (AvgIpc) is 2.70. The molecule has 1 atom stereocenters. The van der Waals surface area contributed by atoms with E-state index in [-0.39, 0.29) is 16.9 Å². The Morgan fingerprint density at radius 1 is 1.30 bits per heavy atom. The van der Waals surface area contributed by atoms with E-state index >= 15 is 0 Å². The summed E-state index contributed by atoms with van der Waals surface area (Å²) >= 11 is 0. The molecule has 0 fully saturated rings. The molecule has 8 heteroatoms. The van der Waals surface area contributed by atoms with Crippen LogP contribution < -0.4 is 4.74 Å². The fourth-order valence-electron chi connectivity index (χ4n) is 2.52. The van der Waals surface area contributed by atoms with Crippen LogP contribution in [0, 0.1) is 0 Å². The number of aliphatic carboxylic acids is 1. The molecule has 0 bridgehead atoms. The quantitative estimate of drug-likeness (QED) is 0.691. The Hall–Kier alpha value is -3.03. The highest BCUT2D eigenvalue weighted by molar-refractivity contribution is 6.05. The van der Waals surface area contributed by atoms with E-state index in [1.54, 1.807) is 0 Å². The Kier molecular flexibility index (Phi) is 4.00. The number of hydrogen-bond acceptors (Lipinski definition) is 6. The second-order valence-corrected chi connectivity index (χ2v) is 5.15. The summed E-state index contributed by atoms with van der Waals surface area (Å²) in [5.74, 6) is -3.86. The first-order valence-corrected chi connectivity index (χ1v) is 6.49. The van der Waals surface area contributed by atoms with Crippen LogP contribution in [0.15, 0.2) is 18.2 Å². The summed E-state index contributed by atoms with van der Waals surface area (Å²) in [5, 5.41) is 28.3. The first-order valence-electron chi connectivity index (χ1n) is 6.49. The summed E-state index contributed by atoms with van der Waals surface area (Å²) in [5.41, 5.74) is -2.00. The minimum absolute atomic E-state index is 0.0380. The molecular weight excluding hydrogens is 308 g/mol. The fraction of sp³-hybridized carbons (Fsp3) is 0.267. The van der Waals surface area contributed by atoms with Crippen LogP contribution in [0.2, 0.25) is 0 Å². The molecule has 0 saturated heterocycles. The molecule has 0 amide bonds. The van der Waals surface area contributed by atoms with Crippen LogP contribution in [-0.2, 0) is 14.3 Å². The molecule has 1 aliphatic rings.